The second kappa shape index (κ2) is 3.92. The van der Waals surface area contributed by atoms with Crippen molar-refractivity contribution < 1.29 is 0 Å². The van der Waals surface area contributed by atoms with Crippen molar-refractivity contribution in [3.63, 3.8) is 0 Å². The molecule has 0 fully saturated rings. The molecule has 0 amide bonds. The molecule has 4 aromatic rings. The van der Waals surface area contributed by atoms with Gasteiger partial charge in [-0.2, -0.15) is 0 Å². The van der Waals surface area contributed by atoms with E-state index in [2.05, 4.69) is 39.2 Å². The van der Waals surface area contributed by atoms with E-state index in [-0.39, 0.29) is 0 Å². The summed E-state index contributed by atoms with van der Waals surface area (Å²) in [6, 6.07) is 14.3. The Balaban J connectivity index is 2.13. The number of pyridine rings is 2. The predicted molar refractivity (Wildman–Crippen MR) is 76.8 cm³/mol. The first-order valence-corrected chi connectivity index (χ1v) is 6.19. The number of nitrogens with zero attached hydrogens (tertiary/aromatic N) is 2. The fourth-order valence-corrected chi connectivity index (χ4v) is 2.50. The molecule has 3 nitrogen and oxygen atoms in total. The number of para-hydroxylation sites is 1. The van der Waals surface area contributed by atoms with Gasteiger partial charge in [0.25, 0.3) is 0 Å². The molecule has 0 aliphatic rings. The number of nitrogens with one attached hydrogen (secondary N) is 1. The van der Waals surface area contributed by atoms with Crippen LogP contribution in [0.3, 0.4) is 0 Å². The summed E-state index contributed by atoms with van der Waals surface area (Å²) in [6.45, 7) is 0. The van der Waals surface area contributed by atoms with Crippen LogP contribution in [0.25, 0.3) is 33.1 Å². The molecule has 0 unspecified atom stereocenters. The maximum atomic E-state index is 4.51. The van der Waals surface area contributed by atoms with Crippen LogP contribution in [0.1, 0.15) is 0 Å². The van der Waals surface area contributed by atoms with E-state index in [1.807, 2.05) is 24.4 Å². The van der Waals surface area contributed by atoms with Gasteiger partial charge in [0.1, 0.15) is 0 Å². The van der Waals surface area contributed by atoms with Crippen molar-refractivity contribution in [1.29, 1.82) is 0 Å². The average molecular weight is 245 g/mol. The Morgan fingerprint density at radius 2 is 1.63 bits per heavy atom. The number of aromatic nitrogens is 3. The first-order valence-electron chi connectivity index (χ1n) is 6.19. The fraction of sp³-hybridized carbons (Fsp3) is 0. The van der Waals surface area contributed by atoms with Gasteiger partial charge in [0.2, 0.25) is 0 Å². The summed E-state index contributed by atoms with van der Waals surface area (Å²) in [5.41, 5.74) is 4.26. The van der Waals surface area contributed by atoms with Crippen molar-refractivity contribution in [1.82, 2.24) is 15.0 Å². The monoisotopic (exact) mass is 245 g/mol. The Kier molecular flexibility index (Phi) is 2.12. The summed E-state index contributed by atoms with van der Waals surface area (Å²) < 4.78 is 0. The van der Waals surface area contributed by atoms with Gasteiger partial charge in [-0.1, -0.05) is 18.2 Å². The highest BCUT2D eigenvalue weighted by Crippen LogP contribution is 2.30. The van der Waals surface area contributed by atoms with Gasteiger partial charge in [-0.3, -0.25) is 9.97 Å². The van der Waals surface area contributed by atoms with Crippen LogP contribution in [0.2, 0.25) is 0 Å². The van der Waals surface area contributed by atoms with Crippen LogP contribution >= 0.6 is 0 Å². The molecule has 0 saturated heterocycles. The Bertz CT molecular complexity index is 863. The molecule has 0 atom stereocenters. The molecule has 3 heteroatoms. The Morgan fingerprint density at radius 1 is 0.789 bits per heavy atom. The third-order valence-electron chi connectivity index (χ3n) is 3.38. The normalized spacial score (nSPS) is 11.2. The van der Waals surface area contributed by atoms with Crippen molar-refractivity contribution in [2.45, 2.75) is 0 Å². The third-order valence-corrected chi connectivity index (χ3v) is 3.38. The molecule has 0 radical (unpaired) electrons. The highest BCUT2D eigenvalue weighted by molar-refractivity contribution is 6.10. The number of fused-ring (bicyclic) bond motifs is 3. The van der Waals surface area contributed by atoms with E-state index in [0.717, 1.165) is 22.3 Å². The molecule has 0 bridgehead atoms. The highest BCUT2D eigenvalue weighted by Gasteiger charge is 2.09. The topological polar surface area (TPSA) is 41.6 Å². The smallest absolute Gasteiger partial charge is 0.0944 e. The van der Waals surface area contributed by atoms with E-state index in [9.17, 15) is 0 Å². The molecular weight excluding hydrogens is 234 g/mol. The summed E-state index contributed by atoms with van der Waals surface area (Å²) in [5.74, 6) is 0. The van der Waals surface area contributed by atoms with Crippen LogP contribution in [0, 0.1) is 0 Å². The number of rotatable bonds is 1. The molecule has 1 aromatic carbocycles. The molecule has 0 aliphatic heterocycles. The largest absolute Gasteiger partial charge is 0.353 e. The molecule has 4 rings (SSSR count). The zero-order chi connectivity index (χ0) is 12.7. The molecule has 19 heavy (non-hydrogen) atoms. The number of hydrogen-bond donors (Lipinski definition) is 1. The van der Waals surface area contributed by atoms with Gasteiger partial charge in [-0.05, 0) is 24.3 Å². The van der Waals surface area contributed by atoms with E-state index < -0.39 is 0 Å². The fourth-order valence-electron chi connectivity index (χ4n) is 2.50. The number of H-pyrrole nitrogens is 1. The quantitative estimate of drug-likeness (QED) is 0.554. The Labute approximate surface area is 110 Å². The zero-order valence-corrected chi connectivity index (χ0v) is 10.2. The van der Waals surface area contributed by atoms with Crippen molar-refractivity contribution in [2.24, 2.45) is 0 Å². The lowest BCUT2D eigenvalue weighted by Gasteiger charge is -2.01. The second-order valence-electron chi connectivity index (χ2n) is 4.49. The molecule has 3 heterocycles. The van der Waals surface area contributed by atoms with E-state index in [4.69, 9.17) is 0 Å². The van der Waals surface area contributed by atoms with Crippen molar-refractivity contribution in [3.05, 3.63) is 61.1 Å². The first-order chi connectivity index (χ1) is 9.43. The van der Waals surface area contributed by atoms with Crippen LogP contribution < -0.4 is 0 Å². The van der Waals surface area contributed by atoms with Crippen LogP contribution in [0.5, 0.6) is 0 Å². The third kappa shape index (κ3) is 1.52. The second-order valence-corrected chi connectivity index (χ2v) is 4.49. The van der Waals surface area contributed by atoms with Crippen molar-refractivity contribution in [3.8, 4) is 11.3 Å². The number of hydrogen-bond acceptors (Lipinski definition) is 2. The summed E-state index contributed by atoms with van der Waals surface area (Å²) in [5, 5.41) is 2.44. The molecule has 3 aromatic heterocycles. The number of benzene rings is 1. The zero-order valence-electron chi connectivity index (χ0n) is 10.2. The van der Waals surface area contributed by atoms with Gasteiger partial charge >= 0.3 is 0 Å². The molecule has 0 aliphatic carbocycles. The van der Waals surface area contributed by atoms with Gasteiger partial charge in [0.05, 0.1) is 11.2 Å². The molecule has 0 spiro atoms. The maximum absolute atomic E-state index is 4.51. The predicted octanol–water partition coefficient (Wildman–Crippen LogP) is 3.78. The van der Waals surface area contributed by atoms with Gasteiger partial charge < -0.3 is 4.98 Å². The number of aromatic amines is 1. The molecule has 90 valence electrons. The van der Waals surface area contributed by atoms with Gasteiger partial charge in [0.15, 0.2) is 0 Å². The summed E-state index contributed by atoms with van der Waals surface area (Å²) in [7, 11) is 0. The van der Waals surface area contributed by atoms with Gasteiger partial charge in [-0.15, -0.1) is 0 Å². The Morgan fingerprint density at radius 3 is 2.53 bits per heavy atom. The summed E-state index contributed by atoms with van der Waals surface area (Å²) >= 11 is 0. The van der Waals surface area contributed by atoms with Crippen molar-refractivity contribution in [2.75, 3.05) is 0 Å². The lowest BCUT2D eigenvalue weighted by molar-refractivity contribution is 1.30. The van der Waals surface area contributed by atoms with E-state index in [1.54, 1.807) is 12.4 Å². The maximum Gasteiger partial charge on any atom is 0.0944 e. The molecule has 1 N–H and O–H groups in total. The summed E-state index contributed by atoms with van der Waals surface area (Å²) in [6.07, 6.45) is 5.44. The van der Waals surface area contributed by atoms with Crippen LogP contribution in [0.15, 0.2) is 61.1 Å². The lowest BCUT2D eigenvalue weighted by Crippen LogP contribution is -1.85. The SMILES string of the molecule is c1ccc2c(c1)[nH]c1c(-c3ccncc3)nccc12. The Hall–Kier alpha value is -2.68. The van der Waals surface area contributed by atoms with E-state index in [1.165, 1.54) is 10.8 Å². The standard InChI is InChI=1S/C16H11N3/c1-2-4-14-12(3-1)13-7-10-18-15(16(13)19-14)11-5-8-17-9-6-11/h1-10,19H. The first kappa shape index (κ1) is 10.3. The van der Waals surface area contributed by atoms with Crippen LogP contribution in [-0.4, -0.2) is 15.0 Å². The highest BCUT2D eigenvalue weighted by atomic mass is 14.8. The minimum atomic E-state index is 0.969. The lowest BCUT2D eigenvalue weighted by atomic mass is 10.1. The molecule has 0 saturated carbocycles. The van der Waals surface area contributed by atoms with E-state index in [0.29, 0.717) is 0 Å². The molecular formula is C16H11N3. The van der Waals surface area contributed by atoms with Crippen LogP contribution in [-0.2, 0) is 0 Å². The minimum absolute atomic E-state index is 0.969. The van der Waals surface area contributed by atoms with E-state index >= 15 is 0 Å². The summed E-state index contributed by atoms with van der Waals surface area (Å²) in [4.78, 5) is 12.0. The van der Waals surface area contributed by atoms with Crippen LogP contribution in [0.4, 0.5) is 0 Å². The van der Waals surface area contributed by atoms with Crippen molar-refractivity contribution >= 4 is 21.8 Å². The van der Waals surface area contributed by atoms with Gasteiger partial charge in [0, 0.05) is 40.4 Å². The average Bonchev–Trinajstić information content (AvgIpc) is 2.87. The minimum Gasteiger partial charge on any atom is -0.353 e. The van der Waals surface area contributed by atoms with Gasteiger partial charge in [-0.25, -0.2) is 0 Å².